The Morgan fingerprint density at radius 2 is 2.15 bits per heavy atom. The van der Waals surface area contributed by atoms with Gasteiger partial charge in [0.15, 0.2) is 0 Å². The van der Waals surface area contributed by atoms with Gasteiger partial charge >= 0.3 is 5.97 Å². The minimum atomic E-state index is -3.73. The highest BCUT2D eigenvalue weighted by atomic mass is 32.2. The Bertz CT molecular complexity index is 707. The Morgan fingerprint density at radius 3 is 2.81 bits per heavy atom. The Balaban J connectivity index is 2.26. The highest BCUT2D eigenvalue weighted by Gasteiger charge is 2.32. The van der Waals surface area contributed by atoms with Crippen LogP contribution in [-0.4, -0.2) is 45.0 Å². The van der Waals surface area contributed by atoms with Crippen LogP contribution in [0.15, 0.2) is 24.3 Å². The predicted molar refractivity (Wildman–Crippen MR) is 99.1 cm³/mol. The number of nitrogens with one attached hydrogen (secondary N) is 1. The molecule has 0 bridgehead atoms. The van der Waals surface area contributed by atoms with Gasteiger partial charge in [-0.2, -0.15) is 17.4 Å². The number of carbonyl (C=O) groups excluding carboxylic acids is 1. The third-order valence-electron chi connectivity index (χ3n) is 4.51. The molecule has 1 aliphatic heterocycles. The van der Waals surface area contributed by atoms with Crippen molar-refractivity contribution >= 4 is 16.2 Å². The van der Waals surface area contributed by atoms with Crippen molar-refractivity contribution in [2.45, 2.75) is 51.6 Å². The molecule has 1 fully saturated rings. The summed E-state index contributed by atoms with van der Waals surface area (Å²) in [7, 11) is -2.18. The van der Waals surface area contributed by atoms with Gasteiger partial charge in [-0.1, -0.05) is 18.6 Å². The van der Waals surface area contributed by atoms with Crippen molar-refractivity contribution in [3.8, 4) is 5.75 Å². The molecule has 1 heterocycles. The van der Waals surface area contributed by atoms with Gasteiger partial charge in [0.2, 0.25) is 0 Å². The molecule has 0 aromatic heterocycles. The van der Waals surface area contributed by atoms with Gasteiger partial charge in [0.05, 0.1) is 26.2 Å². The van der Waals surface area contributed by atoms with Crippen LogP contribution >= 0.6 is 0 Å². The third kappa shape index (κ3) is 5.43. The van der Waals surface area contributed by atoms with Gasteiger partial charge in [-0.25, -0.2) is 0 Å². The van der Waals surface area contributed by atoms with E-state index in [1.54, 1.807) is 38.3 Å². The second-order valence-corrected chi connectivity index (χ2v) is 8.07. The van der Waals surface area contributed by atoms with Crippen LogP contribution in [-0.2, 0) is 19.7 Å². The minimum Gasteiger partial charge on any atom is -0.497 e. The molecule has 0 radical (unpaired) electrons. The number of ether oxygens (including phenoxy) is 2. The third-order valence-corrected chi connectivity index (χ3v) is 6.26. The molecule has 146 valence electrons. The van der Waals surface area contributed by atoms with Crippen LogP contribution < -0.4 is 9.46 Å². The van der Waals surface area contributed by atoms with Crippen molar-refractivity contribution in [2.75, 3.05) is 20.3 Å². The van der Waals surface area contributed by atoms with E-state index in [1.807, 2.05) is 6.92 Å². The Hall–Kier alpha value is -1.64. The first-order valence-electron chi connectivity index (χ1n) is 8.96. The summed E-state index contributed by atoms with van der Waals surface area (Å²) in [6.07, 6.45) is 2.62. The largest absolute Gasteiger partial charge is 0.497 e. The maximum atomic E-state index is 12.9. The number of hydrogen-bond donors (Lipinski definition) is 1. The summed E-state index contributed by atoms with van der Waals surface area (Å²) in [6.45, 7) is 4.36. The van der Waals surface area contributed by atoms with Gasteiger partial charge in [-0.05, 0) is 44.4 Å². The Kier molecular flexibility index (Phi) is 7.43. The SMILES string of the molecule is CCOC(=O)CC(NS(=O)(=O)N1CCCCC1C)c1cccc(OC)c1. The number of benzene rings is 1. The molecule has 2 atom stereocenters. The summed E-state index contributed by atoms with van der Waals surface area (Å²) in [5, 5.41) is 0. The fourth-order valence-corrected chi connectivity index (χ4v) is 4.81. The van der Waals surface area contributed by atoms with Gasteiger partial charge in [0.1, 0.15) is 5.75 Å². The number of hydrogen-bond acceptors (Lipinski definition) is 5. The summed E-state index contributed by atoms with van der Waals surface area (Å²) in [5.41, 5.74) is 0.658. The van der Waals surface area contributed by atoms with E-state index in [1.165, 1.54) is 4.31 Å². The molecule has 0 amide bonds. The average Bonchev–Trinajstić information content (AvgIpc) is 2.61. The van der Waals surface area contributed by atoms with Crippen LogP contribution in [0.4, 0.5) is 0 Å². The van der Waals surface area contributed by atoms with Crippen LogP contribution in [0.25, 0.3) is 0 Å². The normalized spacial score (nSPS) is 19.7. The summed E-state index contributed by atoms with van der Waals surface area (Å²) in [6, 6.07) is 6.26. The topological polar surface area (TPSA) is 84.9 Å². The van der Waals surface area contributed by atoms with Crippen LogP contribution in [0.3, 0.4) is 0 Å². The van der Waals surface area contributed by atoms with Gasteiger partial charge < -0.3 is 9.47 Å². The molecule has 2 rings (SSSR count). The molecule has 8 heteroatoms. The number of nitrogens with zero attached hydrogens (tertiary/aromatic N) is 1. The van der Waals surface area contributed by atoms with Gasteiger partial charge in [0, 0.05) is 12.6 Å². The zero-order valence-corrected chi connectivity index (χ0v) is 16.4. The molecule has 1 aromatic carbocycles. The molecule has 0 saturated carbocycles. The summed E-state index contributed by atoms with van der Waals surface area (Å²) >= 11 is 0. The first-order chi connectivity index (χ1) is 12.4. The van der Waals surface area contributed by atoms with E-state index in [-0.39, 0.29) is 19.1 Å². The van der Waals surface area contributed by atoms with E-state index in [0.717, 1.165) is 19.3 Å². The molecule has 0 spiro atoms. The molecule has 1 aliphatic rings. The van der Waals surface area contributed by atoms with Crippen LogP contribution in [0.5, 0.6) is 5.75 Å². The Labute approximate surface area is 155 Å². The lowest BCUT2D eigenvalue weighted by atomic mass is 10.0. The first-order valence-corrected chi connectivity index (χ1v) is 10.4. The maximum Gasteiger partial charge on any atom is 0.307 e. The standard InChI is InChI=1S/C18H28N2O5S/c1-4-25-18(21)13-17(15-9-7-10-16(12-15)24-3)19-26(22,23)20-11-6-5-8-14(20)2/h7,9-10,12,14,17,19H,4-6,8,11,13H2,1-3H3. The van der Waals surface area contributed by atoms with E-state index < -0.39 is 22.2 Å². The van der Waals surface area contributed by atoms with Crippen LogP contribution in [0.1, 0.15) is 51.1 Å². The van der Waals surface area contributed by atoms with E-state index in [2.05, 4.69) is 4.72 Å². The monoisotopic (exact) mass is 384 g/mol. The van der Waals surface area contributed by atoms with Crippen molar-refractivity contribution in [3.05, 3.63) is 29.8 Å². The lowest BCUT2D eigenvalue weighted by Gasteiger charge is -2.33. The minimum absolute atomic E-state index is 0.0604. The fourth-order valence-electron chi connectivity index (χ4n) is 3.15. The fraction of sp³-hybridized carbons (Fsp3) is 0.611. The van der Waals surface area contributed by atoms with E-state index in [0.29, 0.717) is 17.9 Å². The molecule has 7 nitrogen and oxygen atoms in total. The average molecular weight is 384 g/mol. The molecular weight excluding hydrogens is 356 g/mol. The summed E-state index contributed by atoms with van der Waals surface area (Å²) in [4.78, 5) is 12.0. The van der Waals surface area contributed by atoms with Gasteiger partial charge in [-0.15, -0.1) is 0 Å². The molecule has 1 saturated heterocycles. The van der Waals surface area contributed by atoms with Crippen molar-refractivity contribution in [3.63, 3.8) is 0 Å². The second kappa shape index (κ2) is 9.34. The van der Waals surface area contributed by atoms with Crippen molar-refractivity contribution in [1.82, 2.24) is 9.03 Å². The van der Waals surface area contributed by atoms with Crippen LogP contribution in [0, 0.1) is 0 Å². The second-order valence-electron chi connectivity index (χ2n) is 6.42. The van der Waals surface area contributed by atoms with Crippen molar-refractivity contribution in [1.29, 1.82) is 0 Å². The smallest absolute Gasteiger partial charge is 0.307 e. The zero-order valence-electron chi connectivity index (χ0n) is 15.6. The lowest BCUT2D eigenvalue weighted by molar-refractivity contribution is -0.143. The number of rotatable bonds is 8. The molecule has 0 aliphatic carbocycles. The molecule has 1 N–H and O–H groups in total. The van der Waals surface area contributed by atoms with E-state index in [4.69, 9.17) is 9.47 Å². The van der Waals surface area contributed by atoms with Gasteiger partial charge in [0.25, 0.3) is 10.2 Å². The molecule has 26 heavy (non-hydrogen) atoms. The van der Waals surface area contributed by atoms with Crippen molar-refractivity contribution < 1.29 is 22.7 Å². The summed E-state index contributed by atoms with van der Waals surface area (Å²) < 4.78 is 40.2. The Morgan fingerprint density at radius 1 is 1.38 bits per heavy atom. The lowest BCUT2D eigenvalue weighted by Crippen LogP contribution is -2.49. The number of carbonyl (C=O) groups is 1. The van der Waals surface area contributed by atoms with Crippen molar-refractivity contribution in [2.24, 2.45) is 0 Å². The van der Waals surface area contributed by atoms with Crippen LogP contribution in [0.2, 0.25) is 0 Å². The first kappa shape index (κ1) is 20.7. The number of piperidine rings is 1. The quantitative estimate of drug-likeness (QED) is 0.696. The van der Waals surface area contributed by atoms with E-state index >= 15 is 0 Å². The molecular formula is C18H28N2O5S. The van der Waals surface area contributed by atoms with Gasteiger partial charge in [-0.3, -0.25) is 4.79 Å². The maximum absolute atomic E-state index is 12.9. The number of esters is 1. The van der Waals surface area contributed by atoms with E-state index in [9.17, 15) is 13.2 Å². The number of methoxy groups -OCH3 is 1. The summed E-state index contributed by atoms with van der Waals surface area (Å²) in [5.74, 6) is 0.150. The molecule has 1 aromatic rings. The highest BCUT2D eigenvalue weighted by Crippen LogP contribution is 2.26. The zero-order chi connectivity index (χ0) is 19.2. The highest BCUT2D eigenvalue weighted by molar-refractivity contribution is 7.87. The predicted octanol–water partition coefficient (Wildman–Crippen LogP) is 2.40. The molecule has 2 unspecified atom stereocenters.